The molecular formula is C14H16ClN3O2. The third kappa shape index (κ3) is 2.82. The maximum Gasteiger partial charge on any atom is 0.321 e. The van der Waals surface area contributed by atoms with Gasteiger partial charge in [0, 0.05) is 12.1 Å². The molecule has 0 bridgehead atoms. The molecule has 0 aliphatic rings. The molecule has 6 heteroatoms. The van der Waals surface area contributed by atoms with Crippen LogP contribution in [0.15, 0.2) is 24.3 Å². The number of halogens is 1. The van der Waals surface area contributed by atoms with Crippen molar-refractivity contribution in [2.45, 2.75) is 19.8 Å². The number of rotatable bonds is 4. The zero-order valence-corrected chi connectivity index (χ0v) is 12.4. The first kappa shape index (κ1) is 14.5. The lowest BCUT2D eigenvalue weighted by molar-refractivity contribution is -0.144. The van der Waals surface area contributed by atoms with Gasteiger partial charge in [0.2, 0.25) is 0 Å². The number of aryl methyl sites for hydroxylation is 2. The van der Waals surface area contributed by atoms with Crippen molar-refractivity contribution in [3.05, 3.63) is 46.5 Å². The topological polar surface area (TPSA) is 57.0 Å². The summed E-state index contributed by atoms with van der Waals surface area (Å²) in [5, 5.41) is 4.69. The highest BCUT2D eigenvalue weighted by atomic mass is 35.5. The third-order valence-electron chi connectivity index (χ3n) is 2.90. The minimum absolute atomic E-state index is 0.302. The first-order valence-corrected chi connectivity index (χ1v) is 6.71. The molecule has 0 radical (unpaired) electrons. The second-order valence-electron chi connectivity index (χ2n) is 4.35. The third-order valence-corrected chi connectivity index (χ3v) is 3.24. The van der Waals surface area contributed by atoms with Gasteiger partial charge in [0.25, 0.3) is 0 Å². The average Bonchev–Trinajstić information content (AvgIpc) is 2.72. The highest BCUT2D eigenvalue weighted by molar-refractivity contribution is 6.31. The smallest absolute Gasteiger partial charge is 0.321 e. The number of carbonyl (C=O) groups is 1. The summed E-state index contributed by atoms with van der Waals surface area (Å²) in [6.45, 7) is 3.85. The quantitative estimate of drug-likeness (QED) is 0.813. The SMILES string of the molecule is CCOC(=O)C(c1ccccc1Cl)c1nc(C)nn1C. The van der Waals surface area contributed by atoms with Gasteiger partial charge in [0.05, 0.1) is 6.61 Å². The Labute approximate surface area is 122 Å². The summed E-state index contributed by atoms with van der Waals surface area (Å²) in [4.78, 5) is 16.6. The van der Waals surface area contributed by atoms with E-state index in [-0.39, 0.29) is 5.97 Å². The Morgan fingerprint density at radius 2 is 2.15 bits per heavy atom. The largest absolute Gasteiger partial charge is 0.465 e. The van der Waals surface area contributed by atoms with Crippen LogP contribution in [0.3, 0.4) is 0 Å². The lowest BCUT2D eigenvalue weighted by atomic mass is 9.98. The molecule has 106 valence electrons. The van der Waals surface area contributed by atoms with Gasteiger partial charge in [-0.15, -0.1) is 0 Å². The van der Waals surface area contributed by atoms with Crippen molar-refractivity contribution in [1.29, 1.82) is 0 Å². The molecule has 5 nitrogen and oxygen atoms in total. The van der Waals surface area contributed by atoms with E-state index in [2.05, 4.69) is 10.1 Å². The number of hydrogen-bond donors (Lipinski definition) is 0. The van der Waals surface area contributed by atoms with E-state index in [1.807, 2.05) is 12.1 Å². The van der Waals surface area contributed by atoms with Crippen molar-refractivity contribution < 1.29 is 9.53 Å². The van der Waals surface area contributed by atoms with Crippen LogP contribution in [-0.4, -0.2) is 27.3 Å². The summed E-state index contributed by atoms with van der Waals surface area (Å²) >= 11 is 6.21. The molecule has 1 atom stereocenters. The van der Waals surface area contributed by atoms with Crippen LogP contribution < -0.4 is 0 Å². The van der Waals surface area contributed by atoms with E-state index in [9.17, 15) is 4.79 Å². The number of ether oxygens (including phenoxy) is 1. The minimum Gasteiger partial charge on any atom is -0.465 e. The fraction of sp³-hybridized carbons (Fsp3) is 0.357. The van der Waals surface area contributed by atoms with Crippen LogP contribution in [0.1, 0.15) is 30.1 Å². The monoisotopic (exact) mass is 293 g/mol. The van der Waals surface area contributed by atoms with Crippen LogP contribution in [0, 0.1) is 6.92 Å². The van der Waals surface area contributed by atoms with Crippen LogP contribution in [0.5, 0.6) is 0 Å². The second-order valence-corrected chi connectivity index (χ2v) is 4.75. The summed E-state index contributed by atoms with van der Waals surface area (Å²) in [6, 6.07) is 7.19. The molecule has 1 aromatic heterocycles. The minimum atomic E-state index is -0.671. The molecule has 1 aromatic carbocycles. The number of benzene rings is 1. The molecule has 0 aliphatic heterocycles. The number of aromatic nitrogens is 3. The fourth-order valence-corrected chi connectivity index (χ4v) is 2.33. The molecule has 0 saturated heterocycles. The molecule has 2 rings (SSSR count). The standard InChI is InChI=1S/C14H16ClN3O2/c1-4-20-14(19)12(10-7-5-6-8-11(10)15)13-16-9(2)17-18(13)3/h5-8,12H,4H2,1-3H3. The van der Waals surface area contributed by atoms with E-state index in [1.54, 1.807) is 37.7 Å². The molecule has 0 spiro atoms. The molecule has 0 amide bonds. The predicted octanol–water partition coefficient (Wildman–Crippen LogP) is 2.47. The average molecular weight is 294 g/mol. The van der Waals surface area contributed by atoms with Crippen molar-refractivity contribution >= 4 is 17.6 Å². The summed E-state index contributed by atoms with van der Waals surface area (Å²) < 4.78 is 6.74. The molecule has 1 heterocycles. The second kappa shape index (κ2) is 6.05. The Morgan fingerprint density at radius 1 is 1.45 bits per heavy atom. The van der Waals surface area contributed by atoms with Crippen LogP contribution in [0.2, 0.25) is 5.02 Å². The maximum atomic E-state index is 12.3. The molecule has 0 aliphatic carbocycles. The Hall–Kier alpha value is -1.88. The van der Waals surface area contributed by atoms with Gasteiger partial charge in [-0.3, -0.25) is 9.48 Å². The lowest BCUT2D eigenvalue weighted by Crippen LogP contribution is -2.21. The molecule has 0 saturated carbocycles. The van der Waals surface area contributed by atoms with Gasteiger partial charge >= 0.3 is 5.97 Å². The highest BCUT2D eigenvalue weighted by Gasteiger charge is 2.30. The number of hydrogen-bond acceptors (Lipinski definition) is 4. The zero-order chi connectivity index (χ0) is 14.7. The van der Waals surface area contributed by atoms with Crippen LogP contribution in [-0.2, 0) is 16.6 Å². The van der Waals surface area contributed by atoms with E-state index in [1.165, 1.54) is 0 Å². The van der Waals surface area contributed by atoms with Crippen LogP contribution in [0.25, 0.3) is 0 Å². The van der Waals surface area contributed by atoms with Crippen LogP contribution in [0.4, 0.5) is 0 Å². The zero-order valence-electron chi connectivity index (χ0n) is 11.6. The molecule has 0 N–H and O–H groups in total. The molecule has 2 aromatic rings. The van der Waals surface area contributed by atoms with Crippen molar-refractivity contribution in [3.8, 4) is 0 Å². The van der Waals surface area contributed by atoms with Crippen molar-refractivity contribution in [3.63, 3.8) is 0 Å². The van der Waals surface area contributed by atoms with Gasteiger partial charge in [-0.2, -0.15) is 5.10 Å². The van der Waals surface area contributed by atoms with E-state index in [0.29, 0.717) is 28.8 Å². The molecule has 0 fully saturated rings. The molecular weight excluding hydrogens is 278 g/mol. The van der Waals surface area contributed by atoms with Gasteiger partial charge in [-0.05, 0) is 25.5 Å². The summed E-state index contributed by atoms with van der Waals surface area (Å²) in [5.41, 5.74) is 0.670. The van der Waals surface area contributed by atoms with Crippen molar-refractivity contribution in [1.82, 2.24) is 14.8 Å². The first-order valence-electron chi connectivity index (χ1n) is 6.33. The van der Waals surface area contributed by atoms with E-state index >= 15 is 0 Å². The number of esters is 1. The Bertz CT molecular complexity index is 625. The fourth-order valence-electron chi connectivity index (χ4n) is 2.09. The van der Waals surface area contributed by atoms with Crippen LogP contribution >= 0.6 is 11.6 Å². The van der Waals surface area contributed by atoms with E-state index in [4.69, 9.17) is 16.3 Å². The summed E-state index contributed by atoms with van der Waals surface area (Å²) in [7, 11) is 1.75. The number of nitrogens with zero attached hydrogens (tertiary/aromatic N) is 3. The Morgan fingerprint density at radius 3 is 2.70 bits per heavy atom. The first-order chi connectivity index (χ1) is 9.54. The van der Waals surface area contributed by atoms with Gasteiger partial charge in [0.1, 0.15) is 17.6 Å². The lowest BCUT2D eigenvalue weighted by Gasteiger charge is -2.16. The predicted molar refractivity (Wildman–Crippen MR) is 75.7 cm³/mol. The summed E-state index contributed by atoms with van der Waals surface area (Å²) in [5.74, 6) is 0.0730. The van der Waals surface area contributed by atoms with Gasteiger partial charge < -0.3 is 4.74 Å². The molecule has 20 heavy (non-hydrogen) atoms. The number of carbonyl (C=O) groups excluding carboxylic acids is 1. The maximum absolute atomic E-state index is 12.3. The van der Waals surface area contributed by atoms with E-state index in [0.717, 1.165) is 0 Å². The van der Waals surface area contributed by atoms with Gasteiger partial charge in [-0.25, -0.2) is 4.98 Å². The Balaban J connectivity index is 2.53. The van der Waals surface area contributed by atoms with Crippen molar-refractivity contribution in [2.75, 3.05) is 6.61 Å². The van der Waals surface area contributed by atoms with Gasteiger partial charge in [-0.1, -0.05) is 29.8 Å². The Kier molecular flexibility index (Phi) is 4.39. The normalized spacial score (nSPS) is 12.2. The van der Waals surface area contributed by atoms with E-state index < -0.39 is 5.92 Å². The van der Waals surface area contributed by atoms with Crippen molar-refractivity contribution in [2.24, 2.45) is 7.05 Å². The van der Waals surface area contributed by atoms with Gasteiger partial charge in [0.15, 0.2) is 0 Å². The highest BCUT2D eigenvalue weighted by Crippen LogP contribution is 2.30. The molecule has 1 unspecified atom stereocenters. The summed E-state index contributed by atoms with van der Waals surface area (Å²) in [6.07, 6.45) is 0.